The number of phenols is 1. The second-order valence-electron chi connectivity index (χ2n) is 5.62. The van der Waals surface area contributed by atoms with Crippen LogP contribution in [-0.4, -0.2) is 29.6 Å². The molecule has 17 heavy (non-hydrogen) atoms. The Kier molecular flexibility index (Phi) is 2.83. The van der Waals surface area contributed by atoms with E-state index < -0.39 is 0 Å². The van der Waals surface area contributed by atoms with Gasteiger partial charge in [-0.1, -0.05) is 19.1 Å². The van der Waals surface area contributed by atoms with E-state index in [-0.39, 0.29) is 0 Å². The molecule has 3 unspecified atom stereocenters. The minimum Gasteiger partial charge on any atom is -0.508 e. The number of phenolic OH excluding ortho intramolecular Hbond substituents is 1. The van der Waals surface area contributed by atoms with E-state index in [9.17, 15) is 5.11 Å². The number of fused-ring (bicyclic) bond motifs is 1. The summed E-state index contributed by atoms with van der Waals surface area (Å²) in [6.45, 7) is 6.07. The van der Waals surface area contributed by atoms with Crippen molar-refractivity contribution in [3.05, 3.63) is 29.8 Å². The molecule has 0 radical (unpaired) electrons. The SMILES string of the molecule is CCCN1CC2CC(c3cccc(O)c3)C2C1. The van der Waals surface area contributed by atoms with Gasteiger partial charge in [0.1, 0.15) is 5.75 Å². The van der Waals surface area contributed by atoms with Gasteiger partial charge in [0.2, 0.25) is 0 Å². The summed E-state index contributed by atoms with van der Waals surface area (Å²) in [6, 6.07) is 7.85. The Morgan fingerprint density at radius 1 is 1.35 bits per heavy atom. The molecule has 1 aliphatic heterocycles. The molecule has 0 aromatic heterocycles. The zero-order chi connectivity index (χ0) is 11.8. The van der Waals surface area contributed by atoms with Crippen molar-refractivity contribution in [3.63, 3.8) is 0 Å². The van der Waals surface area contributed by atoms with Crippen LogP contribution in [0.4, 0.5) is 0 Å². The lowest BCUT2D eigenvalue weighted by Gasteiger charge is -2.40. The van der Waals surface area contributed by atoms with Crippen molar-refractivity contribution in [2.45, 2.75) is 25.7 Å². The van der Waals surface area contributed by atoms with Crippen LogP contribution >= 0.6 is 0 Å². The zero-order valence-electron chi connectivity index (χ0n) is 10.5. The van der Waals surface area contributed by atoms with Crippen molar-refractivity contribution in [2.75, 3.05) is 19.6 Å². The summed E-state index contributed by atoms with van der Waals surface area (Å²) >= 11 is 0. The van der Waals surface area contributed by atoms with Gasteiger partial charge in [-0.2, -0.15) is 0 Å². The lowest BCUT2D eigenvalue weighted by atomic mass is 9.64. The molecule has 1 heterocycles. The van der Waals surface area contributed by atoms with Gasteiger partial charge in [-0.25, -0.2) is 0 Å². The summed E-state index contributed by atoms with van der Waals surface area (Å²) < 4.78 is 0. The molecule has 1 aliphatic carbocycles. The summed E-state index contributed by atoms with van der Waals surface area (Å²) in [5.41, 5.74) is 1.34. The Bertz CT molecular complexity index is 404. The predicted octanol–water partition coefficient (Wildman–Crippen LogP) is 2.84. The maximum Gasteiger partial charge on any atom is 0.115 e. The highest BCUT2D eigenvalue weighted by Gasteiger charge is 2.46. The van der Waals surface area contributed by atoms with Crippen LogP contribution in [0.2, 0.25) is 0 Å². The fraction of sp³-hybridized carbons (Fsp3) is 0.600. The van der Waals surface area contributed by atoms with Gasteiger partial charge in [0, 0.05) is 13.1 Å². The first-order chi connectivity index (χ1) is 8.28. The van der Waals surface area contributed by atoms with Gasteiger partial charge in [0.15, 0.2) is 0 Å². The number of likely N-dealkylation sites (tertiary alicyclic amines) is 1. The van der Waals surface area contributed by atoms with Crippen LogP contribution < -0.4 is 0 Å². The van der Waals surface area contributed by atoms with Crippen molar-refractivity contribution in [3.8, 4) is 5.75 Å². The molecule has 1 saturated heterocycles. The van der Waals surface area contributed by atoms with Crippen LogP contribution in [0, 0.1) is 11.8 Å². The largest absolute Gasteiger partial charge is 0.508 e. The standard InChI is InChI=1S/C15H21NO/c1-2-6-16-9-12-8-14(15(12)10-16)11-4-3-5-13(17)7-11/h3-5,7,12,14-15,17H,2,6,8-10H2,1H3. The van der Waals surface area contributed by atoms with E-state index >= 15 is 0 Å². The average molecular weight is 231 g/mol. The molecule has 1 aromatic rings. The fourth-order valence-electron chi connectivity index (χ4n) is 3.64. The van der Waals surface area contributed by atoms with Crippen molar-refractivity contribution in [1.29, 1.82) is 0 Å². The third-order valence-electron chi connectivity index (χ3n) is 4.48. The lowest BCUT2D eigenvalue weighted by molar-refractivity contribution is 0.190. The Labute approximate surface area is 103 Å². The van der Waals surface area contributed by atoms with Gasteiger partial charge in [0.25, 0.3) is 0 Å². The third kappa shape index (κ3) is 1.95. The van der Waals surface area contributed by atoms with Crippen LogP contribution in [0.25, 0.3) is 0 Å². The smallest absolute Gasteiger partial charge is 0.115 e. The molecule has 2 heteroatoms. The van der Waals surface area contributed by atoms with Gasteiger partial charge in [-0.15, -0.1) is 0 Å². The number of hydrogen-bond acceptors (Lipinski definition) is 2. The first kappa shape index (κ1) is 11.1. The normalized spacial score (nSPS) is 32.2. The minimum absolute atomic E-state index is 0.411. The monoisotopic (exact) mass is 231 g/mol. The molecule has 0 amide bonds. The first-order valence-electron chi connectivity index (χ1n) is 6.79. The molecule has 0 spiro atoms. The highest BCUT2D eigenvalue weighted by molar-refractivity contribution is 5.32. The average Bonchev–Trinajstić information content (AvgIpc) is 2.58. The molecule has 0 bridgehead atoms. The van der Waals surface area contributed by atoms with Crippen LogP contribution in [0.5, 0.6) is 5.75 Å². The van der Waals surface area contributed by atoms with Gasteiger partial charge in [0.05, 0.1) is 0 Å². The Balaban J connectivity index is 1.69. The van der Waals surface area contributed by atoms with Gasteiger partial charge >= 0.3 is 0 Å². The summed E-state index contributed by atoms with van der Waals surface area (Å²) in [4.78, 5) is 2.61. The van der Waals surface area contributed by atoms with E-state index in [1.54, 1.807) is 6.07 Å². The molecule has 3 atom stereocenters. The topological polar surface area (TPSA) is 23.5 Å². The maximum atomic E-state index is 9.55. The second-order valence-corrected chi connectivity index (χ2v) is 5.62. The molecule has 2 nitrogen and oxygen atoms in total. The number of hydrogen-bond donors (Lipinski definition) is 1. The molecule has 1 saturated carbocycles. The number of nitrogens with zero attached hydrogens (tertiary/aromatic N) is 1. The van der Waals surface area contributed by atoms with Crippen molar-refractivity contribution >= 4 is 0 Å². The molecule has 1 aromatic carbocycles. The Morgan fingerprint density at radius 2 is 2.24 bits per heavy atom. The second kappa shape index (κ2) is 4.34. The van der Waals surface area contributed by atoms with E-state index in [0.29, 0.717) is 11.7 Å². The summed E-state index contributed by atoms with van der Waals surface area (Å²) in [5, 5.41) is 9.55. The van der Waals surface area contributed by atoms with Crippen molar-refractivity contribution < 1.29 is 5.11 Å². The van der Waals surface area contributed by atoms with E-state index in [2.05, 4.69) is 17.9 Å². The van der Waals surface area contributed by atoms with Crippen molar-refractivity contribution in [2.24, 2.45) is 11.8 Å². The number of rotatable bonds is 3. The number of aromatic hydroxyl groups is 1. The summed E-state index contributed by atoms with van der Waals surface area (Å²) in [7, 11) is 0. The zero-order valence-corrected chi connectivity index (χ0v) is 10.5. The van der Waals surface area contributed by atoms with E-state index in [1.165, 1.54) is 38.0 Å². The lowest BCUT2D eigenvalue weighted by Crippen LogP contribution is -2.33. The third-order valence-corrected chi connectivity index (χ3v) is 4.48. The molecular formula is C15H21NO. The molecule has 2 fully saturated rings. The van der Waals surface area contributed by atoms with Crippen molar-refractivity contribution in [1.82, 2.24) is 4.90 Å². The Hall–Kier alpha value is -1.02. The van der Waals surface area contributed by atoms with Crippen LogP contribution in [-0.2, 0) is 0 Å². The molecule has 92 valence electrons. The molecule has 3 rings (SSSR count). The molecule has 2 aliphatic rings. The van der Waals surface area contributed by atoms with E-state index in [0.717, 1.165) is 11.8 Å². The minimum atomic E-state index is 0.411. The molecular weight excluding hydrogens is 210 g/mol. The fourth-order valence-corrected chi connectivity index (χ4v) is 3.64. The van der Waals surface area contributed by atoms with Gasteiger partial charge in [-0.05, 0) is 54.8 Å². The quantitative estimate of drug-likeness (QED) is 0.864. The predicted molar refractivity (Wildman–Crippen MR) is 69.2 cm³/mol. The summed E-state index contributed by atoms with van der Waals surface area (Å²) in [6.07, 6.45) is 2.57. The van der Waals surface area contributed by atoms with E-state index in [4.69, 9.17) is 0 Å². The van der Waals surface area contributed by atoms with Gasteiger partial charge in [-0.3, -0.25) is 0 Å². The van der Waals surface area contributed by atoms with Crippen LogP contribution in [0.15, 0.2) is 24.3 Å². The van der Waals surface area contributed by atoms with E-state index in [1.807, 2.05) is 12.1 Å². The van der Waals surface area contributed by atoms with Gasteiger partial charge < -0.3 is 10.0 Å². The van der Waals surface area contributed by atoms with Crippen LogP contribution in [0.1, 0.15) is 31.2 Å². The molecule has 1 N–H and O–H groups in total. The first-order valence-corrected chi connectivity index (χ1v) is 6.79. The maximum absolute atomic E-state index is 9.55. The highest BCUT2D eigenvalue weighted by atomic mass is 16.3. The number of benzene rings is 1. The summed E-state index contributed by atoms with van der Waals surface area (Å²) in [5.74, 6) is 2.85. The Morgan fingerprint density at radius 3 is 3.00 bits per heavy atom. The van der Waals surface area contributed by atoms with Crippen LogP contribution in [0.3, 0.4) is 0 Å². The highest BCUT2D eigenvalue weighted by Crippen LogP contribution is 2.51.